The second-order valence-corrected chi connectivity index (χ2v) is 11.0. The number of pyridine rings is 1. The first kappa shape index (κ1) is 31.1. The van der Waals surface area contributed by atoms with Crippen LogP contribution in [0.15, 0.2) is 66.9 Å². The second kappa shape index (κ2) is 13.9. The van der Waals surface area contributed by atoms with E-state index >= 15 is 4.39 Å². The maximum Gasteiger partial charge on any atom is 0.240 e. The molecular weight excluding hydrogens is 588 g/mol. The average Bonchev–Trinajstić information content (AvgIpc) is 3.84. The highest BCUT2D eigenvalue weighted by molar-refractivity contribution is 7.80. The molecule has 11 heteroatoms. The Hall–Kier alpha value is -4.38. The summed E-state index contributed by atoms with van der Waals surface area (Å²) in [6.07, 6.45) is 6.38. The lowest BCUT2D eigenvalue weighted by Gasteiger charge is -2.16. The van der Waals surface area contributed by atoms with E-state index in [1.54, 1.807) is 31.5 Å². The summed E-state index contributed by atoms with van der Waals surface area (Å²) < 4.78 is 45.8. The van der Waals surface area contributed by atoms with E-state index in [2.05, 4.69) is 28.2 Å². The lowest BCUT2D eigenvalue weighted by atomic mass is 10.0. The molecule has 0 bridgehead atoms. The number of rotatable bonds is 14. The fraction of sp³-hybridized carbons (Fsp3) is 0.303. The van der Waals surface area contributed by atoms with E-state index in [4.69, 9.17) is 14.2 Å². The maximum atomic E-state index is 15.2. The number of aromatic nitrogens is 1. The van der Waals surface area contributed by atoms with Crippen molar-refractivity contribution < 1.29 is 32.6 Å². The van der Waals surface area contributed by atoms with Crippen molar-refractivity contribution in [2.75, 3.05) is 30.1 Å². The van der Waals surface area contributed by atoms with Gasteiger partial charge in [-0.1, -0.05) is 12.8 Å². The van der Waals surface area contributed by atoms with Crippen molar-refractivity contribution in [3.63, 3.8) is 0 Å². The molecule has 44 heavy (non-hydrogen) atoms. The zero-order valence-corrected chi connectivity index (χ0v) is 25.1. The Morgan fingerprint density at radius 2 is 1.55 bits per heavy atom. The molecule has 5 rings (SSSR count). The van der Waals surface area contributed by atoms with Crippen molar-refractivity contribution in [1.29, 1.82) is 0 Å². The van der Waals surface area contributed by atoms with Crippen molar-refractivity contribution in [1.82, 2.24) is 4.98 Å². The van der Waals surface area contributed by atoms with Gasteiger partial charge in [0.15, 0.2) is 23.1 Å². The summed E-state index contributed by atoms with van der Waals surface area (Å²) in [6, 6.07) is 14.4. The number of ether oxygens (including phenoxy) is 3. The highest BCUT2D eigenvalue weighted by atomic mass is 32.1. The number of anilines is 2. The first-order valence-electron chi connectivity index (χ1n) is 14.4. The van der Waals surface area contributed by atoms with Crippen LogP contribution >= 0.6 is 12.6 Å². The summed E-state index contributed by atoms with van der Waals surface area (Å²) >= 11 is 4.24. The summed E-state index contributed by atoms with van der Waals surface area (Å²) in [5.74, 6) is 0.0384. The SMILES string of the molecule is COc1cc2c(Oc3ccc(NC(=O)C4(C(=O)Nc5ccc(F)cc5)CC4)cc3F)ccnc2cc1OCCCCCCS. The number of nitrogens with one attached hydrogen (secondary N) is 2. The van der Waals surface area contributed by atoms with Crippen molar-refractivity contribution in [2.45, 2.75) is 38.5 Å². The summed E-state index contributed by atoms with van der Waals surface area (Å²) in [6.45, 7) is 0.540. The first-order chi connectivity index (χ1) is 21.3. The number of thiol groups is 1. The number of amides is 2. The predicted molar refractivity (Wildman–Crippen MR) is 168 cm³/mol. The van der Waals surface area contributed by atoms with E-state index in [0.717, 1.165) is 37.5 Å². The van der Waals surface area contributed by atoms with Crippen molar-refractivity contribution in [2.24, 2.45) is 5.41 Å². The molecule has 0 aliphatic heterocycles. The van der Waals surface area contributed by atoms with Gasteiger partial charge in [0.05, 0.1) is 19.2 Å². The molecule has 0 atom stereocenters. The Labute approximate surface area is 259 Å². The molecule has 0 spiro atoms. The highest BCUT2D eigenvalue weighted by Crippen LogP contribution is 2.47. The Morgan fingerprint density at radius 1 is 0.841 bits per heavy atom. The van der Waals surface area contributed by atoms with E-state index < -0.39 is 28.9 Å². The number of fused-ring (bicyclic) bond motifs is 1. The lowest BCUT2D eigenvalue weighted by molar-refractivity contribution is -0.131. The van der Waals surface area contributed by atoms with Gasteiger partial charge in [0.1, 0.15) is 17.0 Å². The van der Waals surface area contributed by atoms with Gasteiger partial charge in [0.25, 0.3) is 0 Å². The standard InChI is InChI=1S/C33H33F2N3O5S/c1-41-29-19-24-26(20-30(29)42-16-4-2-3-5-17-44)36-15-12-27(24)43-28-11-10-23(18-25(28)35)38-32(40)33(13-14-33)31(39)37-22-8-6-21(34)7-9-22/h6-12,15,18-20,44H,2-5,13-14,16-17H2,1H3,(H,37,39)(H,38,40). The van der Waals surface area contributed by atoms with Gasteiger partial charge >= 0.3 is 0 Å². The fourth-order valence-electron chi connectivity index (χ4n) is 4.74. The first-order valence-corrected chi connectivity index (χ1v) is 15.0. The summed E-state index contributed by atoms with van der Waals surface area (Å²) in [5.41, 5.74) is -0.131. The maximum absolute atomic E-state index is 15.2. The van der Waals surface area contributed by atoms with Crippen LogP contribution in [-0.4, -0.2) is 36.3 Å². The van der Waals surface area contributed by atoms with Crippen LogP contribution in [0.2, 0.25) is 0 Å². The van der Waals surface area contributed by atoms with Crippen LogP contribution in [0.5, 0.6) is 23.0 Å². The zero-order chi connectivity index (χ0) is 31.1. The molecule has 1 aromatic heterocycles. The van der Waals surface area contributed by atoms with Gasteiger partial charge < -0.3 is 24.8 Å². The van der Waals surface area contributed by atoms with Crippen LogP contribution in [0.3, 0.4) is 0 Å². The third-order valence-electron chi connectivity index (χ3n) is 7.43. The van der Waals surface area contributed by atoms with E-state index in [-0.39, 0.29) is 11.4 Å². The van der Waals surface area contributed by atoms with Gasteiger partial charge in [0, 0.05) is 35.1 Å². The molecule has 0 radical (unpaired) electrons. The average molecular weight is 622 g/mol. The van der Waals surface area contributed by atoms with Gasteiger partial charge in [-0.05, 0) is 80.0 Å². The van der Waals surface area contributed by atoms with E-state index in [1.807, 2.05) is 0 Å². The highest BCUT2D eigenvalue weighted by Gasteiger charge is 2.56. The normalized spacial score (nSPS) is 13.3. The van der Waals surface area contributed by atoms with Crippen molar-refractivity contribution >= 4 is 46.7 Å². The molecule has 8 nitrogen and oxygen atoms in total. The molecule has 4 aromatic rings. The van der Waals surface area contributed by atoms with E-state index in [1.165, 1.54) is 36.4 Å². The van der Waals surface area contributed by atoms with Gasteiger partial charge in [-0.15, -0.1) is 0 Å². The lowest BCUT2D eigenvalue weighted by Crippen LogP contribution is -2.35. The number of halogens is 2. The fourth-order valence-corrected chi connectivity index (χ4v) is 4.96. The number of hydrogen-bond donors (Lipinski definition) is 3. The van der Waals surface area contributed by atoms with Gasteiger partial charge in [-0.25, -0.2) is 8.78 Å². The quantitative estimate of drug-likeness (QED) is 0.0765. The summed E-state index contributed by atoms with van der Waals surface area (Å²) in [5, 5.41) is 5.88. The van der Waals surface area contributed by atoms with E-state index in [0.29, 0.717) is 53.3 Å². The van der Waals surface area contributed by atoms with Crippen LogP contribution in [0.25, 0.3) is 10.9 Å². The molecule has 0 saturated heterocycles. The molecule has 1 aliphatic rings. The number of carbonyl (C=O) groups is 2. The molecule has 3 aromatic carbocycles. The third kappa shape index (κ3) is 7.21. The monoisotopic (exact) mass is 621 g/mol. The van der Waals surface area contributed by atoms with Crippen LogP contribution in [0.1, 0.15) is 38.5 Å². The minimum Gasteiger partial charge on any atom is -0.493 e. The second-order valence-electron chi connectivity index (χ2n) is 10.6. The van der Waals surface area contributed by atoms with Crippen molar-refractivity contribution in [3.05, 3.63) is 78.5 Å². The number of carbonyl (C=O) groups excluding carboxylic acids is 2. The van der Waals surface area contributed by atoms with Crippen LogP contribution in [0.4, 0.5) is 20.2 Å². The smallest absolute Gasteiger partial charge is 0.240 e. The zero-order valence-electron chi connectivity index (χ0n) is 24.2. The molecule has 1 heterocycles. The molecule has 2 amide bonds. The van der Waals surface area contributed by atoms with E-state index in [9.17, 15) is 14.0 Å². The minimum atomic E-state index is -1.27. The third-order valence-corrected chi connectivity index (χ3v) is 7.74. The van der Waals surface area contributed by atoms with Gasteiger partial charge in [-0.3, -0.25) is 14.6 Å². The van der Waals surface area contributed by atoms with Crippen LogP contribution < -0.4 is 24.8 Å². The molecule has 0 unspecified atom stereocenters. The minimum absolute atomic E-state index is 0.0637. The number of methoxy groups -OCH3 is 1. The molecule has 2 N–H and O–H groups in total. The molecule has 1 saturated carbocycles. The van der Waals surface area contributed by atoms with Crippen molar-refractivity contribution in [3.8, 4) is 23.0 Å². The Kier molecular flexibility index (Phi) is 9.84. The summed E-state index contributed by atoms with van der Waals surface area (Å²) in [4.78, 5) is 30.3. The largest absolute Gasteiger partial charge is 0.493 e. The Balaban J connectivity index is 1.25. The topological polar surface area (TPSA) is 98.8 Å². The summed E-state index contributed by atoms with van der Waals surface area (Å²) in [7, 11) is 1.54. The van der Waals surface area contributed by atoms with Crippen LogP contribution in [-0.2, 0) is 9.59 Å². The van der Waals surface area contributed by atoms with Crippen LogP contribution in [0, 0.1) is 17.0 Å². The molecule has 1 aliphatic carbocycles. The molecular formula is C33H33F2N3O5S. The van der Waals surface area contributed by atoms with Gasteiger partial charge in [0.2, 0.25) is 11.8 Å². The predicted octanol–water partition coefficient (Wildman–Crippen LogP) is 7.54. The number of benzene rings is 3. The number of hydrogen-bond acceptors (Lipinski definition) is 7. The number of unbranched alkanes of at least 4 members (excludes halogenated alkanes) is 3. The molecule has 1 fully saturated rings. The Bertz CT molecular complexity index is 1650. The Morgan fingerprint density at radius 3 is 2.23 bits per heavy atom. The van der Waals surface area contributed by atoms with Gasteiger partial charge in [-0.2, -0.15) is 12.6 Å². The molecule has 230 valence electrons. The number of nitrogens with zero attached hydrogens (tertiary/aromatic N) is 1.